The van der Waals surface area contributed by atoms with Gasteiger partial charge in [0, 0.05) is 25.0 Å². The number of likely N-dealkylation sites (tertiary alicyclic amines) is 1. The fourth-order valence-corrected chi connectivity index (χ4v) is 1.70. The molecule has 0 aromatic heterocycles. The van der Waals surface area contributed by atoms with Crippen LogP contribution in [0.15, 0.2) is 29.4 Å². The molecule has 0 bridgehead atoms. The highest BCUT2D eigenvalue weighted by Gasteiger charge is 2.17. The van der Waals surface area contributed by atoms with E-state index in [4.69, 9.17) is 0 Å². The first-order valence-corrected chi connectivity index (χ1v) is 5.35. The van der Waals surface area contributed by atoms with E-state index in [9.17, 15) is 5.11 Å². The van der Waals surface area contributed by atoms with Gasteiger partial charge in [0.2, 0.25) is 0 Å². The Labute approximate surface area is 91.8 Å². The zero-order valence-corrected chi connectivity index (χ0v) is 9.45. The van der Waals surface area contributed by atoms with Crippen LogP contribution in [0, 0.1) is 0 Å². The topological polar surface area (TPSA) is 35.8 Å². The average molecular weight is 208 g/mol. The molecule has 0 spiro atoms. The maximum absolute atomic E-state index is 9.49. The van der Waals surface area contributed by atoms with E-state index >= 15 is 0 Å². The van der Waals surface area contributed by atoms with Crippen LogP contribution in [0.4, 0.5) is 0 Å². The summed E-state index contributed by atoms with van der Waals surface area (Å²) in [5, 5.41) is 9.49. The van der Waals surface area contributed by atoms with E-state index in [1.807, 2.05) is 6.92 Å². The Balaban J connectivity index is 2.34. The molecule has 0 radical (unpaired) electrons. The van der Waals surface area contributed by atoms with Gasteiger partial charge in [-0.25, -0.2) is 0 Å². The lowest BCUT2D eigenvalue weighted by Crippen LogP contribution is -2.39. The summed E-state index contributed by atoms with van der Waals surface area (Å²) in [6.45, 7) is 12.1. The van der Waals surface area contributed by atoms with Crippen molar-refractivity contribution < 1.29 is 5.11 Å². The summed E-state index contributed by atoms with van der Waals surface area (Å²) in [6, 6.07) is 0. The molecule has 1 heterocycles. The van der Waals surface area contributed by atoms with E-state index in [1.54, 1.807) is 6.21 Å². The molecule has 0 aliphatic carbocycles. The van der Waals surface area contributed by atoms with E-state index in [1.165, 1.54) is 0 Å². The molecule has 84 valence electrons. The Morgan fingerprint density at radius 2 is 2.33 bits per heavy atom. The highest BCUT2D eigenvalue weighted by atomic mass is 16.3. The molecule has 1 saturated heterocycles. The maximum atomic E-state index is 9.49. The quantitative estimate of drug-likeness (QED) is 0.712. The van der Waals surface area contributed by atoms with Crippen molar-refractivity contribution in [1.29, 1.82) is 0 Å². The van der Waals surface area contributed by atoms with Gasteiger partial charge in [-0.2, -0.15) is 0 Å². The first kappa shape index (κ1) is 12.1. The average Bonchev–Trinajstić information content (AvgIpc) is 2.15. The van der Waals surface area contributed by atoms with Crippen LogP contribution in [0.25, 0.3) is 0 Å². The SMILES string of the molecule is C=C(/C=N\C(=C)C)CN1CCCC(O)C1. The van der Waals surface area contributed by atoms with Crippen LogP contribution in [-0.2, 0) is 0 Å². The van der Waals surface area contributed by atoms with Crippen molar-refractivity contribution in [1.82, 2.24) is 4.90 Å². The van der Waals surface area contributed by atoms with Gasteiger partial charge in [-0.1, -0.05) is 13.2 Å². The number of piperidine rings is 1. The molecule has 1 aliphatic rings. The minimum atomic E-state index is -0.176. The Bertz CT molecular complexity index is 271. The summed E-state index contributed by atoms with van der Waals surface area (Å²) in [6.07, 6.45) is 3.56. The van der Waals surface area contributed by atoms with Gasteiger partial charge in [0.1, 0.15) is 0 Å². The number of hydrogen-bond donors (Lipinski definition) is 1. The first-order chi connectivity index (χ1) is 7.08. The molecule has 0 amide bonds. The van der Waals surface area contributed by atoms with Gasteiger partial charge in [-0.15, -0.1) is 0 Å². The fraction of sp³-hybridized carbons (Fsp3) is 0.583. The first-order valence-electron chi connectivity index (χ1n) is 5.35. The Morgan fingerprint density at radius 3 is 2.93 bits per heavy atom. The number of β-amino-alcohol motifs (C(OH)–C–C–N with tert-alkyl or cyclic N) is 1. The molecule has 1 unspecified atom stereocenters. The molecule has 0 aromatic rings. The van der Waals surface area contributed by atoms with Crippen molar-refractivity contribution in [3.8, 4) is 0 Å². The second-order valence-corrected chi connectivity index (χ2v) is 4.18. The van der Waals surface area contributed by atoms with Gasteiger partial charge in [0.05, 0.1) is 6.10 Å². The third kappa shape index (κ3) is 4.91. The highest BCUT2D eigenvalue weighted by Crippen LogP contribution is 2.10. The predicted octanol–water partition coefficient (Wildman–Crippen LogP) is 1.60. The maximum Gasteiger partial charge on any atom is 0.0667 e. The van der Waals surface area contributed by atoms with E-state index < -0.39 is 0 Å². The minimum absolute atomic E-state index is 0.176. The summed E-state index contributed by atoms with van der Waals surface area (Å²) < 4.78 is 0. The van der Waals surface area contributed by atoms with Crippen LogP contribution in [0.3, 0.4) is 0 Å². The fourth-order valence-electron chi connectivity index (χ4n) is 1.70. The van der Waals surface area contributed by atoms with Crippen LogP contribution in [0.2, 0.25) is 0 Å². The van der Waals surface area contributed by atoms with Crippen LogP contribution in [0.5, 0.6) is 0 Å². The molecule has 1 aliphatic heterocycles. The Morgan fingerprint density at radius 1 is 1.60 bits per heavy atom. The van der Waals surface area contributed by atoms with Gasteiger partial charge in [-0.05, 0) is 31.9 Å². The molecule has 1 rings (SSSR count). The third-order valence-electron chi connectivity index (χ3n) is 2.37. The molecule has 3 nitrogen and oxygen atoms in total. The molecular weight excluding hydrogens is 188 g/mol. The van der Waals surface area contributed by atoms with Crippen molar-refractivity contribution in [2.75, 3.05) is 19.6 Å². The predicted molar refractivity (Wildman–Crippen MR) is 64.1 cm³/mol. The molecule has 1 fully saturated rings. The number of rotatable bonds is 4. The Kier molecular flexibility index (Phi) is 4.72. The highest BCUT2D eigenvalue weighted by molar-refractivity contribution is 5.78. The van der Waals surface area contributed by atoms with Crippen molar-refractivity contribution in [2.24, 2.45) is 4.99 Å². The van der Waals surface area contributed by atoms with E-state index in [-0.39, 0.29) is 6.10 Å². The van der Waals surface area contributed by atoms with E-state index in [0.29, 0.717) is 0 Å². The molecule has 15 heavy (non-hydrogen) atoms. The van der Waals surface area contributed by atoms with Crippen LogP contribution in [-0.4, -0.2) is 42.0 Å². The number of aliphatic hydroxyl groups excluding tert-OH is 1. The summed E-state index contributed by atoms with van der Waals surface area (Å²) in [5.74, 6) is 0. The monoisotopic (exact) mass is 208 g/mol. The zero-order valence-electron chi connectivity index (χ0n) is 9.45. The van der Waals surface area contributed by atoms with Crippen LogP contribution < -0.4 is 0 Å². The van der Waals surface area contributed by atoms with Crippen molar-refractivity contribution >= 4 is 6.21 Å². The zero-order chi connectivity index (χ0) is 11.3. The smallest absolute Gasteiger partial charge is 0.0667 e. The lowest BCUT2D eigenvalue weighted by molar-refractivity contribution is 0.0765. The molecular formula is C12H20N2O. The molecule has 0 saturated carbocycles. The van der Waals surface area contributed by atoms with Crippen molar-refractivity contribution in [2.45, 2.75) is 25.9 Å². The third-order valence-corrected chi connectivity index (χ3v) is 2.37. The van der Waals surface area contributed by atoms with Gasteiger partial charge in [0.15, 0.2) is 0 Å². The number of hydrogen-bond acceptors (Lipinski definition) is 3. The molecule has 1 N–H and O–H groups in total. The lowest BCUT2D eigenvalue weighted by Gasteiger charge is -2.29. The molecule has 3 heteroatoms. The minimum Gasteiger partial charge on any atom is -0.392 e. The van der Waals surface area contributed by atoms with Crippen molar-refractivity contribution in [3.05, 3.63) is 24.4 Å². The largest absolute Gasteiger partial charge is 0.392 e. The van der Waals surface area contributed by atoms with Gasteiger partial charge < -0.3 is 5.11 Å². The second kappa shape index (κ2) is 5.83. The second-order valence-electron chi connectivity index (χ2n) is 4.18. The normalized spacial score (nSPS) is 23.2. The summed E-state index contributed by atoms with van der Waals surface area (Å²) in [4.78, 5) is 6.31. The molecule has 0 aromatic carbocycles. The van der Waals surface area contributed by atoms with E-state index in [0.717, 1.165) is 43.7 Å². The summed E-state index contributed by atoms with van der Waals surface area (Å²) in [5.41, 5.74) is 1.75. The van der Waals surface area contributed by atoms with Gasteiger partial charge in [0.25, 0.3) is 0 Å². The Hall–Kier alpha value is -0.930. The summed E-state index contributed by atoms with van der Waals surface area (Å²) in [7, 11) is 0. The van der Waals surface area contributed by atoms with Gasteiger partial charge >= 0.3 is 0 Å². The lowest BCUT2D eigenvalue weighted by atomic mass is 10.1. The number of aliphatic imine (C=N–C) groups is 1. The van der Waals surface area contributed by atoms with Crippen LogP contribution >= 0.6 is 0 Å². The standard InChI is InChI=1S/C12H20N2O/c1-10(2)13-7-11(3)8-14-6-4-5-12(15)9-14/h7,12,15H,1,3-6,8-9H2,2H3/b13-7-. The van der Waals surface area contributed by atoms with E-state index in [2.05, 4.69) is 23.1 Å². The number of allylic oxidation sites excluding steroid dienone is 1. The van der Waals surface area contributed by atoms with Crippen LogP contribution in [0.1, 0.15) is 19.8 Å². The van der Waals surface area contributed by atoms with Crippen molar-refractivity contribution in [3.63, 3.8) is 0 Å². The molecule has 1 atom stereocenters. The number of nitrogens with zero attached hydrogens (tertiary/aromatic N) is 2. The number of aliphatic hydroxyl groups is 1. The van der Waals surface area contributed by atoms with Gasteiger partial charge in [-0.3, -0.25) is 9.89 Å². The summed E-state index contributed by atoms with van der Waals surface area (Å²) >= 11 is 0.